The number of ketones is 1. The van der Waals surface area contributed by atoms with Crippen LogP contribution in [0.2, 0.25) is 0 Å². The van der Waals surface area contributed by atoms with Crippen molar-refractivity contribution in [1.82, 2.24) is 10.6 Å². The number of carboxylic acid groups (broad SMARTS) is 1. The van der Waals surface area contributed by atoms with Crippen molar-refractivity contribution in [2.24, 2.45) is 11.8 Å². The second kappa shape index (κ2) is 12.3. The summed E-state index contributed by atoms with van der Waals surface area (Å²) in [5, 5.41) is 46.5. The lowest BCUT2D eigenvalue weighted by Crippen LogP contribution is -2.48. The minimum absolute atomic E-state index is 0.0208. The number of aliphatic carboxylic acids is 1. The molecular formula is C28H34N2O8. The van der Waals surface area contributed by atoms with Crippen molar-refractivity contribution in [2.75, 3.05) is 13.1 Å². The van der Waals surface area contributed by atoms with E-state index in [0.717, 1.165) is 19.4 Å². The van der Waals surface area contributed by atoms with Gasteiger partial charge in [0, 0.05) is 18.0 Å². The number of carbonyl (C=O) groups is 3. The number of ether oxygens (including phenoxy) is 1. The van der Waals surface area contributed by atoms with Crippen LogP contribution in [-0.4, -0.2) is 63.3 Å². The lowest BCUT2D eigenvalue weighted by Gasteiger charge is -2.28. The highest BCUT2D eigenvalue weighted by Gasteiger charge is 2.38. The molecule has 1 saturated heterocycles. The Morgan fingerprint density at radius 1 is 0.921 bits per heavy atom. The Bertz CT molecular complexity index is 1140. The van der Waals surface area contributed by atoms with Gasteiger partial charge in [-0.15, -0.1) is 0 Å². The number of phenols is 3. The molecule has 2 aromatic carbocycles. The van der Waals surface area contributed by atoms with Crippen molar-refractivity contribution in [3.05, 3.63) is 53.1 Å². The summed E-state index contributed by atoms with van der Waals surface area (Å²) in [5.74, 6) is -4.30. The van der Waals surface area contributed by atoms with Crippen molar-refractivity contribution in [2.45, 2.75) is 57.3 Å². The van der Waals surface area contributed by atoms with E-state index in [4.69, 9.17) is 4.74 Å². The molecule has 10 nitrogen and oxygen atoms in total. The predicted octanol–water partition coefficient (Wildman–Crippen LogP) is 2.94. The number of nitrogens with one attached hydrogen (secondary N) is 2. The lowest BCUT2D eigenvalue weighted by atomic mass is 9.75. The number of benzene rings is 2. The number of amides is 1. The third-order valence-corrected chi connectivity index (χ3v) is 7.39. The molecule has 10 heteroatoms. The van der Waals surface area contributed by atoms with E-state index in [2.05, 4.69) is 10.6 Å². The quantitative estimate of drug-likeness (QED) is 0.284. The number of carboxylic acids is 1. The highest BCUT2D eigenvalue weighted by molar-refractivity contribution is 6.04. The van der Waals surface area contributed by atoms with E-state index < -0.39 is 35.1 Å². The van der Waals surface area contributed by atoms with Gasteiger partial charge in [-0.25, -0.2) is 0 Å². The molecule has 1 aliphatic heterocycles. The van der Waals surface area contributed by atoms with E-state index in [1.807, 2.05) is 0 Å². The van der Waals surface area contributed by atoms with Gasteiger partial charge in [-0.2, -0.15) is 0 Å². The van der Waals surface area contributed by atoms with Gasteiger partial charge >= 0.3 is 5.97 Å². The summed E-state index contributed by atoms with van der Waals surface area (Å²) < 4.78 is 6.11. The molecule has 0 aromatic heterocycles. The van der Waals surface area contributed by atoms with Gasteiger partial charge in [0.2, 0.25) is 0 Å². The van der Waals surface area contributed by atoms with Crippen LogP contribution in [0.25, 0.3) is 0 Å². The molecule has 0 spiro atoms. The molecule has 6 N–H and O–H groups in total. The smallest absolute Gasteiger partial charge is 0.307 e. The minimum Gasteiger partial charge on any atom is -0.508 e. The number of carbonyl (C=O) groups excluding carboxylic acids is 2. The Labute approximate surface area is 220 Å². The third kappa shape index (κ3) is 6.43. The monoisotopic (exact) mass is 526 g/mol. The molecule has 0 radical (unpaired) electrons. The van der Waals surface area contributed by atoms with Crippen molar-refractivity contribution in [3.63, 3.8) is 0 Å². The van der Waals surface area contributed by atoms with E-state index in [1.54, 1.807) is 0 Å². The van der Waals surface area contributed by atoms with E-state index in [0.29, 0.717) is 43.4 Å². The molecule has 0 bridgehead atoms. The summed E-state index contributed by atoms with van der Waals surface area (Å²) in [5.41, 5.74) is 0.587. The van der Waals surface area contributed by atoms with Crippen LogP contribution in [0.5, 0.6) is 17.2 Å². The topological polar surface area (TPSA) is 165 Å². The normalized spacial score (nSPS) is 23.8. The second-order valence-corrected chi connectivity index (χ2v) is 10.0. The zero-order valence-corrected chi connectivity index (χ0v) is 21.1. The molecule has 4 rings (SSSR count). The maximum Gasteiger partial charge on any atom is 0.307 e. The van der Waals surface area contributed by atoms with Crippen LogP contribution in [0, 0.1) is 11.8 Å². The second-order valence-electron chi connectivity index (χ2n) is 10.0. The Balaban J connectivity index is 1.44. The van der Waals surface area contributed by atoms with Crippen LogP contribution in [0.3, 0.4) is 0 Å². The first kappa shape index (κ1) is 27.4. The Morgan fingerprint density at radius 3 is 2.24 bits per heavy atom. The molecule has 2 fully saturated rings. The molecule has 1 aliphatic carbocycles. The van der Waals surface area contributed by atoms with Crippen LogP contribution in [-0.2, 0) is 16.1 Å². The maximum atomic E-state index is 13.1. The van der Waals surface area contributed by atoms with Crippen LogP contribution in [0.4, 0.5) is 0 Å². The minimum atomic E-state index is -1.04. The summed E-state index contributed by atoms with van der Waals surface area (Å²) in [6.45, 7) is 1.28. The zero-order valence-electron chi connectivity index (χ0n) is 21.1. The summed E-state index contributed by atoms with van der Waals surface area (Å²) in [7, 11) is 0. The molecule has 204 valence electrons. The zero-order chi connectivity index (χ0) is 27.2. The SMILES string of the molecule is O=C(N[C@H]1CNCCC[C@@H]1OCc1cc(O)c(C(=O)[C@@H]2CCCC[C@H]2C(=O)O)c(O)c1)c1ccc(O)cc1. The first-order chi connectivity index (χ1) is 18.2. The molecule has 4 atom stereocenters. The van der Waals surface area contributed by atoms with E-state index in [-0.39, 0.29) is 36.0 Å². The van der Waals surface area contributed by atoms with Crippen LogP contribution >= 0.6 is 0 Å². The standard InChI is InChI=1S/C28H34N2O8/c31-18-9-7-17(8-10-18)27(35)30-21-14-29-11-3-6-24(21)38-15-16-12-22(32)25(23(33)13-16)26(34)19-4-1-2-5-20(19)28(36)37/h7-10,12-13,19-21,24,29,31-33H,1-6,11,14-15H2,(H,30,35)(H,36,37)/t19-,20-,21+,24+/m1/s1. The predicted molar refractivity (Wildman–Crippen MR) is 137 cm³/mol. The van der Waals surface area contributed by atoms with E-state index >= 15 is 0 Å². The Kier molecular flexibility index (Phi) is 8.85. The van der Waals surface area contributed by atoms with Crippen LogP contribution in [0.15, 0.2) is 36.4 Å². The molecule has 38 heavy (non-hydrogen) atoms. The molecular weight excluding hydrogens is 492 g/mol. The lowest BCUT2D eigenvalue weighted by molar-refractivity contribution is -0.144. The van der Waals surface area contributed by atoms with Gasteiger partial charge < -0.3 is 35.8 Å². The van der Waals surface area contributed by atoms with Crippen LogP contribution in [0.1, 0.15) is 64.8 Å². The molecule has 1 amide bonds. The van der Waals surface area contributed by atoms with Gasteiger partial charge in [0.1, 0.15) is 22.8 Å². The number of phenolic OH excluding ortho intramolecular Hbond substituents is 3. The number of hydrogen-bond acceptors (Lipinski definition) is 8. The molecule has 2 aliphatic rings. The van der Waals surface area contributed by atoms with Crippen LogP contribution < -0.4 is 10.6 Å². The first-order valence-corrected chi connectivity index (χ1v) is 13.0. The van der Waals surface area contributed by atoms with Crippen molar-refractivity contribution in [1.29, 1.82) is 0 Å². The van der Waals surface area contributed by atoms with Gasteiger partial charge in [-0.3, -0.25) is 14.4 Å². The highest BCUT2D eigenvalue weighted by Crippen LogP contribution is 2.38. The highest BCUT2D eigenvalue weighted by atomic mass is 16.5. The molecule has 2 aromatic rings. The number of rotatable bonds is 8. The Morgan fingerprint density at radius 2 is 1.58 bits per heavy atom. The Hall–Kier alpha value is -3.63. The van der Waals surface area contributed by atoms with E-state index in [9.17, 15) is 34.8 Å². The maximum absolute atomic E-state index is 13.1. The van der Waals surface area contributed by atoms with Crippen molar-refractivity contribution in [3.8, 4) is 17.2 Å². The number of hydrogen-bond donors (Lipinski definition) is 6. The fraction of sp³-hybridized carbons (Fsp3) is 0.464. The number of Topliss-reactive ketones (excluding diaryl/α,β-unsaturated/α-hetero) is 1. The summed E-state index contributed by atoms with van der Waals surface area (Å²) in [6, 6.07) is 8.31. The van der Waals surface area contributed by atoms with E-state index in [1.165, 1.54) is 36.4 Å². The largest absolute Gasteiger partial charge is 0.508 e. The first-order valence-electron chi connectivity index (χ1n) is 13.0. The van der Waals surface area contributed by atoms with Gasteiger partial charge in [0.15, 0.2) is 5.78 Å². The average Bonchev–Trinajstić information content (AvgIpc) is 3.12. The molecule has 1 saturated carbocycles. The van der Waals surface area contributed by atoms with Gasteiger partial charge in [-0.1, -0.05) is 12.8 Å². The summed E-state index contributed by atoms with van der Waals surface area (Å²) in [6.07, 6.45) is 3.37. The fourth-order valence-corrected chi connectivity index (χ4v) is 5.36. The van der Waals surface area contributed by atoms with Gasteiger partial charge in [0.25, 0.3) is 5.91 Å². The fourth-order valence-electron chi connectivity index (χ4n) is 5.36. The third-order valence-electron chi connectivity index (χ3n) is 7.39. The van der Waals surface area contributed by atoms with Crippen molar-refractivity contribution >= 4 is 17.7 Å². The summed E-state index contributed by atoms with van der Waals surface area (Å²) in [4.78, 5) is 37.5. The molecule has 0 unspecified atom stereocenters. The molecule has 1 heterocycles. The summed E-state index contributed by atoms with van der Waals surface area (Å²) >= 11 is 0. The van der Waals surface area contributed by atoms with Crippen molar-refractivity contribution < 1.29 is 39.5 Å². The average molecular weight is 527 g/mol. The van der Waals surface area contributed by atoms with Gasteiger partial charge in [0.05, 0.1) is 24.7 Å². The number of aromatic hydroxyl groups is 3. The van der Waals surface area contributed by atoms with Gasteiger partial charge in [-0.05, 0) is 74.2 Å².